The van der Waals surface area contributed by atoms with Gasteiger partial charge >= 0.3 is 6.18 Å². The fraction of sp³-hybridized carbons (Fsp3) is 0.238. The maximum absolute atomic E-state index is 13.9. The lowest BCUT2D eigenvalue weighted by Gasteiger charge is -2.37. The Morgan fingerprint density at radius 2 is 1.65 bits per heavy atom. The molecule has 1 aliphatic rings. The van der Waals surface area contributed by atoms with Crippen molar-refractivity contribution < 1.29 is 21.6 Å². The summed E-state index contributed by atoms with van der Waals surface area (Å²) >= 11 is 11.7. The fourth-order valence-corrected chi connectivity index (χ4v) is 5.37. The highest BCUT2D eigenvalue weighted by Crippen LogP contribution is 2.38. The summed E-state index contributed by atoms with van der Waals surface area (Å²) in [6.45, 7) is 1.50. The van der Waals surface area contributed by atoms with Crippen molar-refractivity contribution in [2.24, 2.45) is 0 Å². The van der Waals surface area contributed by atoms with Crippen molar-refractivity contribution in [1.82, 2.24) is 9.97 Å². The molecule has 3 aromatic rings. The number of hydrogen-bond donors (Lipinski definition) is 1. The van der Waals surface area contributed by atoms with E-state index >= 15 is 0 Å². The number of aromatic nitrogens is 2. The topological polar surface area (TPSA) is 78.4 Å². The number of anilines is 3. The lowest BCUT2D eigenvalue weighted by Crippen LogP contribution is -2.47. The Kier molecular flexibility index (Phi) is 6.79. The van der Waals surface area contributed by atoms with Crippen molar-refractivity contribution >= 4 is 50.5 Å². The summed E-state index contributed by atoms with van der Waals surface area (Å²) in [7, 11) is -4.27. The van der Waals surface area contributed by atoms with E-state index in [1.165, 1.54) is 23.1 Å². The molecule has 1 aliphatic heterocycles. The number of sulfonamides is 1. The summed E-state index contributed by atoms with van der Waals surface area (Å²) in [6, 6.07) is 9.91. The number of halogens is 5. The van der Waals surface area contributed by atoms with Crippen LogP contribution >= 0.6 is 23.2 Å². The third-order valence-corrected chi connectivity index (χ3v) is 7.26. The maximum atomic E-state index is 13.9. The lowest BCUT2D eigenvalue weighted by atomic mass is 10.2. The molecule has 7 nitrogen and oxygen atoms in total. The van der Waals surface area contributed by atoms with Gasteiger partial charge in [0.05, 0.1) is 16.9 Å². The molecule has 0 unspecified atom stereocenters. The van der Waals surface area contributed by atoms with Gasteiger partial charge in [-0.3, -0.25) is 4.72 Å². The molecule has 0 aliphatic carbocycles. The smallest absolute Gasteiger partial charge is 0.353 e. The van der Waals surface area contributed by atoms with E-state index in [-0.39, 0.29) is 39.5 Å². The molecular formula is C21H18Cl2F3N5O2S. The SMILES string of the molecule is O=S(=O)(Nc1cnc(N2CCN(c3ccccn3)CC2)c(C(F)(F)F)c1)c1ccc(Cl)cc1Cl. The number of alkyl halides is 3. The lowest BCUT2D eigenvalue weighted by molar-refractivity contribution is -0.137. The third kappa shape index (κ3) is 5.31. The molecule has 0 amide bonds. The van der Waals surface area contributed by atoms with E-state index in [0.717, 1.165) is 18.1 Å². The van der Waals surface area contributed by atoms with Gasteiger partial charge in [-0.15, -0.1) is 0 Å². The Balaban J connectivity index is 1.58. The van der Waals surface area contributed by atoms with Gasteiger partial charge in [0.25, 0.3) is 10.0 Å². The molecule has 1 N–H and O–H groups in total. The summed E-state index contributed by atoms with van der Waals surface area (Å²) in [4.78, 5) is 11.4. The zero-order valence-corrected chi connectivity index (χ0v) is 19.8. The minimum atomic E-state index is -4.75. The summed E-state index contributed by atoms with van der Waals surface area (Å²) < 4.78 is 69.1. The first-order valence-electron chi connectivity index (χ1n) is 10.0. The van der Waals surface area contributed by atoms with Crippen LogP contribution in [0.15, 0.2) is 59.8 Å². The second-order valence-corrected chi connectivity index (χ2v) is 9.93. The van der Waals surface area contributed by atoms with Gasteiger partial charge in [0.1, 0.15) is 22.1 Å². The number of benzene rings is 1. The quantitative estimate of drug-likeness (QED) is 0.502. The molecule has 34 heavy (non-hydrogen) atoms. The highest BCUT2D eigenvalue weighted by Gasteiger charge is 2.37. The first-order chi connectivity index (χ1) is 16.0. The molecule has 1 saturated heterocycles. The molecule has 0 radical (unpaired) electrons. The van der Waals surface area contributed by atoms with Crippen LogP contribution < -0.4 is 14.5 Å². The van der Waals surface area contributed by atoms with E-state index in [4.69, 9.17) is 23.2 Å². The van der Waals surface area contributed by atoms with Gasteiger partial charge in [0, 0.05) is 37.4 Å². The fourth-order valence-electron chi connectivity index (χ4n) is 3.57. The number of rotatable bonds is 5. The predicted octanol–water partition coefficient (Wildman–Crippen LogP) is 4.93. The van der Waals surface area contributed by atoms with Crippen LogP contribution in [0.4, 0.5) is 30.5 Å². The Morgan fingerprint density at radius 1 is 0.941 bits per heavy atom. The standard InChI is InChI=1S/C21H18Cl2F3N5O2S/c22-14-4-5-18(17(23)11-14)34(32,33)29-15-12-16(21(24,25)26)20(28-13-15)31-9-7-30(8-10-31)19-3-1-2-6-27-19/h1-6,11-13,29H,7-10H2. The van der Waals surface area contributed by atoms with Gasteiger partial charge in [-0.25, -0.2) is 18.4 Å². The summed E-state index contributed by atoms with van der Waals surface area (Å²) in [5.74, 6) is 0.484. The first kappa shape index (κ1) is 24.4. The first-order valence-corrected chi connectivity index (χ1v) is 12.2. The van der Waals surface area contributed by atoms with Gasteiger partial charge in [-0.1, -0.05) is 29.3 Å². The molecule has 3 heterocycles. The average molecular weight is 532 g/mol. The predicted molar refractivity (Wildman–Crippen MR) is 125 cm³/mol. The van der Waals surface area contributed by atoms with Crippen molar-refractivity contribution in [3.05, 3.63) is 70.5 Å². The van der Waals surface area contributed by atoms with Crippen LogP contribution in [0.2, 0.25) is 10.0 Å². The summed E-state index contributed by atoms with van der Waals surface area (Å²) in [5, 5.41) is 0.0591. The van der Waals surface area contributed by atoms with Crippen LogP contribution in [0.1, 0.15) is 5.56 Å². The average Bonchev–Trinajstić information content (AvgIpc) is 2.79. The zero-order chi connectivity index (χ0) is 24.5. The highest BCUT2D eigenvalue weighted by atomic mass is 35.5. The molecule has 1 fully saturated rings. The maximum Gasteiger partial charge on any atom is 0.420 e. The van der Waals surface area contributed by atoms with Gasteiger partial charge in [-0.2, -0.15) is 13.2 Å². The minimum absolute atomic E-state index is 0.161. The summed E-state index contributed by atoms with van der Waals surface area (Å²) in [5.41, 5.74) is -1.38. The van der Waals surface area contributed by atoms with E-state index in [1.807, 2.05) is 17.0 Å². The monoisotopic (exact) mass is 531 g/mol. The molecule has 0 bridgehead atoms. The van der Waals surface area contributed by atoms with Crippen LogP contribution in [0.5, 0.6) is 0 Å². The molecule has 2 aromatic heterocycles. The number of hydrogen-bond acceptors (Lipinski definition) is 6. The third-order valence-electron chi connectivity index (χ3n) is 5.16. The largest absolute Gasteiger partial charge is 0.420 e. The zero-order valence-electron chi connectivity index (χ0n) is 17.4. The molecular weight excluding hydrogens is 514 g/mol. The van der Waals surface area contributed by atoms with Gasteiger partial charge in [-0.05, 0) is 36.4 Å². The van der Waals surface area contributed by atoms with E-state index < -0.39 is 21.8 Å². The number of piperazine rings is 1. The summed E-state index contributed by atoms with van der Waals surface area (Å²) in [6.07, 6.45) is -2.04. The van der Waals surface area contributed by atoms with Gasteiger partial charge in [0.2, 0.25) is 0 Å². The van der Waals surface area contributed by atoms with Crippen LogP contribution in [-0.4, -0.2) is 44.6 Å². The number of nitrogens with one attached hydrogen (secondary N) is 1. The van der Waals surface area contributed by atoms with Crippen molar-refractivity contribution in [2.45, 2.75) is 11.1 Å². The normalized spacial score (nSPS) is 14.9. The molecule has 13 heteroatoms. The molecule has 0 spiro atoms. The molecule has 0 atom stereocenters. The molecule has 0 saturated carbocycles. The van der Waals surface area contributed by atoms with E-state index in [9.17, 15) is 21.6 Å². The van der Waals surface area contributed by atoms with Crippen LogP contribution in [-0.2, 0) is 16.2 Å². The van der Waals surface area contributed by atoms with E-state index in [0.29, 0.717) is 13.1 Å². The minimum Gasteiger partial charge on any atom is -0.353 e. The second-order valence-electron chi connectivity index (χ2n) is 7.44. The van der Waals surface area contributed by atoms with Crippen molar-refractivity contribution in [3.63, 3.8) is 0 Å². The Labute approximate surface area is 204 Å². The van der Waals surface area contributed by atoms with Crippen LogP contribution in [0.3, 0.4) is 0 Å². The van der Waals surface area contributed by atoms with E-state index in [2.05, 4.69) is 14.7 Å². The Hall–Kier alpha value is -2.76. The van der Waals surface area contributed by atoms with Crippen LogP contribution in [0.25, 0.3) is 0 Å². The van der Waals surface area contributed by atoms with Gasteiger partial charge < -0.3 is 9.80 Å². The Bertz CT molecular complexity index is 1290. The molecule has 180 valence electrons. The second kappa shape index (κ2) is 9.47. The van der Waals surface area contributed by atoms with Crippen molar-refractivity contribution in [2.75, 3.05) is 40.7 Å². The molecule has 4 rings (SSSR count). The van der Waals surface area contributed by atoms with Crippen molar-refractivity contribution in [3.8, 4) is 0 Å². The molecule has 1 aromatic carbocycles. The van der Waals surface area contributed by atoms with E-state index in [1.54, 1.807) is 12.3 Å². The van der Waals surface area contributed by atoms with Gasteiger partial charge in [0.15, 0.2) is 0 Å². The number of pyridine rings is 2. The van der Waals surface area contributed by atoms with Crippen molar-refractivity contribution in [1.29, 1.82) is 0 Å². The van der Waals surface area contributed by atoms with Crippen LogP contribution in [0, 0.1) is 0 Å². The highest BCUT2D eigenvalue weighted by molar-refractivity contribution is 7.92. The number of nitrogens with zero attached hydrogens (tertiary/aromatic N) is 4. The Morgan fingerprint density at radius 3 is 2.26 bits per heavy atom.